The van der Waals surface area contributed by atoms with Gasteiger partial charge in [0.1, 0.15) is 5.82 Å². The van der Waals surface area contributed by atoms with Crippen LogP contribution in [0.15, 0.2) is 29.3 Å². The van der Waals surface area contributed by atoms with Gasteiger partial charge in [0.15, 0.2) is 0 Å². The number of benzene rings is 1. The largest absolute Gasteiger partial charge is 0.310 e. The molecule has 0 amide bonds. The smallest absolute Gasteiger partial charge is 0.137 e. The molecule has 0 saturated carbocycles. The Bertz CT molecular complexity index is 593. The molecule has 2 aromatic rings. The van der Waals surface area contributed by atoms with E-state index in [1.54, 1.807) is 10.7 Å². The summed E-state index contributed by atoms with van der Waals surface area (Å²) in [6.45, 7) is 4.93. The number of aryl methyl sites for hydroxylation is 1. The van der Waals surface area contributed by atoms with E-state index in [4.69, 9.17) is 0 Å². The summed E-state index contributed by atoms with van der Waals surface area (Å²) < 4.78 is 15.7. The number of hydrogen-bond acceptors (Lipinski definition) is 3. The van der Waals surface area contributed by atoms with Gasteiger partial charge in [0, 0.05) is 41.9 Å². The lowest BCUT2D eigenvalue weighted by Crippen LogP contribution is -2.21. The molecule has 3 nitrogen and oxygen atoms in total. The lowest BCUT2D eigenvalue weighted by atomic mass is 10.1. The number of halogens is 1. The maximum absolute atomic E-state index is 13.9. The monoisotopic (exact) mass is 293 g/mol. The van der Waals surface area contributed by atoms with Gasteiger partial charge in [-0.2, -0.15) is 5.10 Å². The van der Waals surface area contributed by atoms with Crippen LogP contribution in [0.25, 0.3) is 11.3 Å². The van der Waals surface area contributed by atoms with Gasteiger partial charge in [-0.3, -0.25) is 4.68 Å². The SMILES string of the molecule is CSc1ccc(-c2nn(C)cc2CNC(C)C)cc1F. The van der Waals surface area contributed by atoms with E-state index in [1.807, 2.05) is 31.6 Å². The third-order valence-electron chi connectivity index (χ3n) is 3.03. The highest BCUT2D eigenvalue weighted by atomic mass is 32.2. The average molecular weight is 293 g/mol. The van der Waals surface area contributed by atoms with Crippen molar-refractivity contribution < 1.29 is 4.39 Å². The molecule has 1 N–H and O–H groups in total. The van der Waals surface area contributed by atoms with Crippen molar-refractivity contribution in [1.82, 2.24) is 15.1 Å². The highest BCUT2D eigenvalue weighted by Gasteiger charge is 2.12. The quantitative estimate of drug-likeness (QED) is 0.856. The standard InChI is InChI=1S/C15H20FN3S/c1-10(2)17-8-12-9-19(3)18-15(12)11-5-6-14(20-4)13(16)7-11/h5-7,9-10,17H,8H2,1-4H3. The summed E-state index contributed by atoms with van der Waals surface area (Å²) >= 11 is 1.41. The van der Waals surface area contributed by atoms with E-state index in [1.165, 1.54) is 11.8 Å². The first-order valence-corrected chi connectivity index (χ1v) is 7.83. The molecule has 1 aromatic heterocycles. The van der Waals surface area contributed by atoms with Crippen LogP contribution in [-0.4, -0.2) is 22.1 Å². The fourth-order valence-electron chi connectivity index (χ4n) is 2.04. The minimum atomic E-state index is -0.191. The van der Waals surface area contributed by atoms with Crippen LogP contribution in [0.4, 0.5) is 4.39 Å². The molecular weight excluding hydrogens is 273 g/mol. The Hall–Kier alpha value is -1.33. The molecule has 0 fully saturated rings. The molecule has 0 saturated heterocycles. The molecule has 0 aliphatic heterocycles. The number of thioether (sulfide) groups is 1. The zero-order valence-corrected chi connectivity index (χ0v) is 13.1. The Morgan fingerprint density at radius 3 is 2.75 bits per heavy atom. The fraction of sp³-hybridized carbons (Fsp3) is 0.400. The molecule has 0 atom stereocenters. The van der Waals surface area contributed by atoms with E-state index in [9.17, 15) is 4.39 Å². The number of hydrogen-bond donors (Lipinski definition) is 1. The molecule has 0 bridgehead atoms. The van der Waals surface area contributed by atoms with Gasteiger partial charge in [0.05, 0.1) is 5.69 Å². The van der Waals surface area contributed by atoms with Crippen LogP contribution in [0, 0.1) is 5.82 Å². The summed E-state index contributed by atoms with van der Waals surface area (Å²) in [5.41, 5.74) is 2.74. The Kier molecular flexibility index (Phi) is 4.83. The van der Waals surface area contributed by atoms with Crippen LogP contribution in [0.5, 0.6) is 0 Å². The Labute approximate surface area is 123 Å². The molecule has 0 spiro atoms. The first-order valence-electron chi connectivity index (χ1n) is 6.61. The van der Waals surface area contributed by atoms with E-state index >= 15 is 0 Å². The Morgan fingerprint density at radius 2 is 2.15 bits per heavy atom. The summed E-state index contributed by atoms with van der Waals surface area (Å²) in [7, 11) is 1.88. The van der Waals surface area contributed by atoms with Gasteiger partial charge >= 0.3 is 0 Å². The van der Waals surface area contributed by atoms with Crippen molar-refractivity contribution in [3.8, 4) is 11.3 Å². The Balaban J connectivity index is 2.34. The first kappa shape index (κ1) is 15.1. The molecule has 20 heavy (non-hydrogen) atoms. The summed E-state index contributed by atoms with van der Waals surface area (Å²) in [5.74, 6) is -0.191. The van der Waals surface area contributed by atoms with Crippen molar-refractivity contribution in [3.63, 3.8) is 0 Å². The minimum Gasteiger partial charge on any atom is -0.310 e. The predicted molar refractivity (Wildman–Crippen MR) is 82.4 cm³/mol. The average Bonchev–Trinajstić information content (AvgIpc) is 2.77. The number of nitrogens with one attached hydrogen (secondary N) is 1. The van der Waals surface area contributed by atoms with E-state index in [-0.39, 0.29) is 5.82 Å². The molecule has 2 rings (SSSR count). The normalized spacial score (nSPS) is 11.3. The zero-order valence-electron chi connectivity index (χ0n) is 12.3. The fourth-order valence-corrected chi connectivity index (χ4v) is 2.50. The maximum Gasteiger partial charge on any atom is 0.137 e. The van der Waals surface area contributed by atoms with Crippen molar-refractivity contribution in [1.29, 1.82) is 0 Å². The lowest BCUT2D eigenvalue weighted by Gasteiger charge is -2.08. The Morgan fingerprint density at radius 1 is 1.40 bits per heavy atom. The second-order valence-electron chi connectivity index (χ2n) is 5.06. The summed E-state index contributed by atoms with van der Waals surface area (Å²) in [6, 6.07) is 5.70. The molecular formula is C15H20FN3S. The summed E-state index contributed by atoms with van der Waals surface area (Å²) in [6.07, 6.45) is 3.85. The van der Waals surface area contributed by atoms with Crippen molar-refractivity contribution in [2.24, 2.45) is 7.05 Å². The van der Waals surface area contributed by atoms with E-state index < -0.39 is 0 Å². The van der Waals surface area contributed by atoms with Crippen LogP contribution in [0.3, 0.4) is 0 Å². The van der Waals surface area contributed by atoms with Crippen molar-refractivity contribution in [2.75, 3.05) is 6.26 Å². The number of nitrogens with zero attached hydrogens (tertiary/aromatic N) is 2. The number of rotatable bonds is 5. The third kappa shape index (κ3) is 3.41. The summed E-state index contributed by atoms with van der Waals surface area (Å²) in [4.78, 5) is 0.659. The topological polar surface area (TPSA) is 29.9 Å². The van der Waals surface area contributed by atoms with E-state index in [2.05, 4.69) is 24.3 Å². The van der Waals surface area contributed by atoms with Crippen LogP contribution < -0.4 is 5.32 Å². The molecule has 5 heteroatoms. The molecule has 1 heterocycles. The number of aromatic nitrogens is 2. The molecule has 0 radical (unpaired) electrons. The molecule has 1 aromatic carbocycles. The maximum atomic E-state index is 13.9. The first-order chi connectivity index (χ1) is 9.51. The molecule has 0 aliphatic carbocycles. The third-order valence-corrected chi connectivity index (χ3v) is 3.80. The van der Waals surface area contributed by atoms with Gasteiger partial charge in [-0.15, -0.1) is 11.8 Å². The second-order valence-corrected chi connectivity index (χ2v) is 5.91. The van der Waals surface area contributed by atoms with Crippen LogP contribution in [0.1, 0.15) is 19.4 Å². The van der Waals surface area contributed by atoms with Crippen LogP contribution in [0.2, 0.25) is 0 Å². The lowest BCUT2D eigenvalue weighted by molar-refractivity contribution is 0.588. The molecule has 108 valence electrons. The molecule has 0 aliphatic rings. The highest BCUT2D eigenvalue weighted by Crippen LogP contribution is 2.27. The van der Waals surface area contributed by atoms with Crippen molar-refractivity contribution in [2.45, 2.75) is 31.3 Å². The van der Waals surface area contributed by atoms with Crippen LogP contribution >= 0.6 is 11.8 Å². The van der Waals surface area contributed by atoms with Gasteiger partial charge in [0.2, 0.25) is 0 Å². The van der Waals surface area contributed by atoms with E-state index in [0.29, 0.717) is 10.9 Å². The molecule has 0 unspecified atom stereocenters. The predicted octanol–water partition coefficient (Wildman–Crippen LogP) is 3.45. The van der Waals surface area contributed by atoms with Gasteiger partial charge in [-0.05, 0) is 18.4 Å². The van der Waals surface area contributed by atoms with Gasteiger partial charge < -0.3 is 5.32 Å². The van der Waals surface area contributed by atoms with Gasteiger partial charge in [0.25, 0.3) is 0 Å². The highest BCUT2D eigenvalue weighted by molar-refractivity contribution is 7.98. The van der Waals surface area contributed by atoms with Gasteiger partial charge in [-0.25, -0.2) is 4.39 Å². The minimum absolute atomic E-state index is 0.191. The zero-order chi connectivity index (χ0) is 14.7. The van der Waals surface area contributed by atoms with Crippen molar-refractivity contribution in [3.05, 3.63) is 35.8 Å². The van der Waals surface area contributed by atoms with Crippen LogP contribution in [-0.2, 0) is 13.6 Å². The summed E-state index contributed by atoms with van der Waals surface area (Å²) in [5, 5.41) is 7.83. The second kappa shape index (κ2) is 6.41. The van der Waals surface area contributed by atoms with E-state index in [0.717, 1.165) is 23.4 Å². The van der Waals surface area contributed by atoms with Gasteiger partial charge in [-0.1, -0.05) is 19.9 Å². The van der Waals surface area contributed by atoms with Crippen molar-refractivity contribution >= 4 is 11.8 Å².